The highest BCUT2D eigenvalue weighted by molar-refractivity contribution is 5.97. The van der Waals surface area contributed by atoms with Gasteiger partial charge in [-0.05, 0) is 36.4 Å². The standard InChI is InChI=1S/C21H24O6/c1-5-16(22)14-7-9-18(20(11-14)24-3)26-13-27-19-10-8-15(17(23)6-2)12-21(19)25-4/h7-12H,5-6,13H2,1-4H3. The zero-order valence-corrected chi connectivity index (χ0v) is 16.0. The summed E-state index contributed by atoms with van der Waals surface area (Å²) in [5, 5.41) is 0. The first-order chi connectivity index (χ1) is 13.0. The largest absolute Gasteiger partial charge is 0.493 e. The molecular formula is C21H24O6. The predicted molar refractivity (Wildman–Crippen MR) is 101 cm³/mol. The molecule has 0 aliphatic carbocycles. The number of methoxy groups -OCH3 is 2. The van der Waals surface area contributed by atoms with Gasteiger partial charge in [0.2, 0.25) is 6.79 Å². The topological polar surface area (TPSA) is 71.1 Å². The van der Waals surface area contributed by atoms with Gasteiger partial charge in [0.15, 0.2) is 34.6 Å². The lowest BCUT2D eigenvalue weighted by atomic mass is 10.1. The second-order valence-corrected chi connectivity index (χ2v) is 5.69. The van der Waals surface area contributed by atoms with E-state index in [0.717, 1.165) is 0 Å². The monoisotopic (exact) mass is 372 g/mol. The first-order valence-corrected chi connectivity index (χ1v) is 8.72. The maximum absolute atomic E-state index is 11.8. The van der Waals surface area contributed by atoms with Crippen LogP contribution in [0.4, 0.5) is 0 Å². The highest BCUT2D eigenvalue weighted by Crippen LogP contribution is 2.31. The first-order valence-electron chi connectivity index (χ1n) is 8.72. The molecule has 144 valence electrons. The molecule has 0 N–H and O–H groups in total. The molecule has 6 heteroatoms. The second kappa shape index (κ2) is 9.62. The van der Waals surface area contributed by atoms with Crippen LogP contribution in [-0.4, -0.2) is 32.6 Å². The molecule has 0 amide bonds. The van der Waals surface area contributed by atoms with Crippen molar-refractivity contribution in [2.45, 2.75) is 26.7 Å². The third-order valence-corrected chi connectivity index (χ3v) is 4.04. The molecule has 0 atom stereocenters. The van der Waals surface area contributed by atoms with Crippen LogP contribution in [0.15, 0.2) is 36.4 Å². The van der Waals surface area contributed by atoms with E-state index in [1.54, 1.807) is 50.2 Å². The number of hydrogen-bond donors (Lipinski definition) is 0. The molecule has 27 heavy (non-hydrogen) atoms. The molecule has 0 heterocycles. The van der Waals surface area contributed by atoms with Gasteiger partial charge in [-0.15, -0.1) is 0 Å². The van der Waals surface area contributed by atoms with Gasteiger partial charge in [0, 0.05) is 24.0 Å². The summed E-state index contributed by atoms with van der Waals surface area (Å²) in [6.07, 6.45) is 0.839. The van der Waals surface area contributed by atoms with E-state index in [0.29, 0.717) is 47.0 Å². The average molecular weight is 372 g/mol. The van der Waals surface area contributed by atoms with Gasteiger partial charge in [-0.1, -0.05) is 13.8 Å². The average Bonchev–Trinajstić information content (AvgIpc) is 2.72. The smallest absolute Gasteiger partial charge is 0.231 e. The fourth-order valence-corrected chi connectivity index (χ4v) is 2.49. The highest BCUT2D eigenvalue weighted by atomic mass is 16.7. The van der Waals surface area contributed by atoms with Crippen LogP contribution in [0.5, 0.6) is 23.0 Å². The zero-order chi connectivity index (χ0) is 19.8. The summed E-state index contributed by atoms with van der Waals surface area (Å²) >= 11 is 0. The molecule has 0 fully saturated rings. The number of carbonyl (C=O) groups excluding carboxylic acids is 2. The van der Waals surface area contributed by atoms with Gasteiger partial charge in [0.1, 0.15) is 0 Å². The lowest BCUT2D eigenvalue weighted by molar-refractivity contribution is 0.0980. The number of carbonyl (C=O) groups is 2. The van der Waals surface area contributed by atoms with Gasteiger partial charge in [-0.25, -0.2) is 0 Å². The highest BCUT2D eigenvalue weighted by Gasteiger charge is 2.12. The van der Waals surface area contributed by atoms with Crippen molar-refractivity contribution in [3.63, 3.8) is 0 Å². The van der Waals surface area contributed by atoms with Gasteiger partial charge in [0.05, 0.1) is 14.2 Å². The van der Waals surface area contributed by atoms with E-state index in [2.05, 4.69) is 0 Å². The number of ether oxygens (including phenoxy) is 4. The minimum atomic E-state index is -0.0884. The SMILES string of the molecule is CCC(=O)c1ccc(OCOc2ccc(C(=O)CC)cc2OC)c(OC)c1. The molecular weight excluding hydrogens is 348 g/mol. The minimum absolute atomic E-state index is 0.0301. The van der Waals surface area contributed by atoms with E-state index >= 15 is 0 Å². The van der Waals surface area contributed by atoms with Crippen LogP contribution >= 0.6 is 0 Å². The van der Waals surface area contributed by atoms with Crippen molar-refractivity contribution >= 4 is 11.6 Å². The van der Waals surface area contributed by atoms with Crippen LogP contribution < -0.4 is 18.9 Å². The quantitative estimate of drug-likeness (QED) is 0.457. The van der Waals surface area contributed by atoms with Crippen molar-refractivity contribution < 1.29 is 28.5 Å². The Bertz CT molecular complexity index is 745. The molecule has 0 aliphatic rings. The Morgan fingerprint density at radius 3 is 1.44 bits per heavy atom. The molecule has 0 aliphatic heterocycles. The lowest BCUT2D eigenvalue weighted by Gasteiger charge is -2.14. The van der Waals surface area contributed by atoms with Gasteiger partial charge >= 0.3 is 0 Å². The van der Waals surface area contributed by atoms with Crippen molar-refractivity contribution in [2.75, 3.05) is 21.0 Å². The molecule has 0 saturated carbocycles. The summed E-state index contributed by atoms with van der Waals surface area (Å²) in [5.41, 5.74) is 1.14. The summed E-state index contributed by atoms with van der Waals surface area (Å²) in [5.74, 6) is 1.89. The Morgan fingerprint density at radius 1 is 0.704 bits per heavy atom. The van der Waals surface area contributed by atoms with Crippen LogP contribution in [0.3, 0.4) is 0 Å². The second-order valence-electron chi connectivity index (χ2n) is 5.69. The number of rotatable bonds is 10. The fraction of sp³-hybridized carbons (Fsp3) is 0.333. The summed E-state index contributed by atoms with van der Waals surface area (Å²) in [4.78, 5) is 23.6. The normalized spacial score (nSPS) is 10.2. The molecule has 0 saturated heterocycles. The fourth-order valence-electron chi connectivity index (χ4n) is 2.49. The number of benzene rings is 2. The van der Waals surface area contributed by atoms with Crippen LogP contribution in [-0.2, 0) is 0 Å². The van der Waals surface area contributed by atoms with Crippen LogP contribution in [0, 0.1) is 0 Å². The van der Waals surface area contributed by atoms with Gasteiger partial charge in [0.25, 0.3) is 0 Å². The number of hydrogen-bond acceptors (Lipinski definition) is 6. The van der Waals surface area contributed by atoms with Crippen molar-refractivity contribution in [3.05, 3.63) is 47.5 Å². The molecule has 0 unspecified atom stereocenters. The lowest BCUT2D eigenvalue weighted by Crippen LogP contribution is -2.08. The maximum Gasteiger partial charge on any atom is 0.231 e. The van der Waals surface area contributed by atoms with Crippen molar-refractivity contribution in [2.24, 2.45) is 0 Å². The van der Waals surface area contributed by atoms with E-state index in [4.69, 9.17) is 18.9 Å². The molecule has 0 radical (unpaired) electrons. The van der Waals surface area contributed by atoms with Crippen LogP contribution in [0.25, 0.3) is 0 Å². The Morgan fingerprint density at radius 2 is 1.11 bits per heavy atom. The molecule has 0 aromatic heterocycles. The third kappa shape index (κ3) is 5.00. The summed E-state index contributed by atoms with van der Waals surface area (Å²) in [7, 11) is 3.02. The van der Waals surface area contributed by atoms with Crippen molar-refractivity contribution in [1.82, 2.24) is 0 Å². The van der Waals surface area contributed by atoms with E-state index in [-0.39, 0.29) is 18.4 Å². The van der Waals surface area contributed by atoms with Crippen LogP contribution in [0.1, 0.15) is 47.4 Å². The molecule has 0 bridgehead atoms. The van der Waals surface area contributed by atoms with E-state index in [1.165, 1.54) is 14.2 Å². The Kier molecular flexibility index (Phi) is 7.23. The third-order valence-electron chi connectivity index (χ3n) is 4.04. The molecule has 6 nitrogen and oxygen atoms in total. The molecule has 2 aromatic rings. The predicted octanol–water partition coefficient (Wildman–Crippen LogP) is 4.30. The van der Waals surface area contributed by atoms with Crippen LogP contribution in [0.2, 0.25) is 0 Å². The number of Topliss-reactive ketones (excluding diaryl/α,β-unsaturated/α-hetero) is 2. The van der Waals surface area contributed by atoms with Crippen molar-refractivity contribution in [3.8, 4) is 23.0 Å². The number of ketones is 2. The van der Waals surface area contributed by atoms with E-state index in [1.807, 2.05) is 0 Å². The molecule has 2 aromatic carbocycles. The molecule has 2 rings (SSSR count). The Balaban J connectivity index is 2.08. The minimum Gasteiger partial charge on any atom is -0.493 e. The summed E-state index contributed by atoms with van der Waals surface area (Å²) in [6.45, 7) is 3.52. The van der Waals surface area contributed by atoms with E-state index < -0.39 is 0 Å². The Labute approximate surface area is 159 Å². The summed E-state index contributed by atoms with van der Waals surface area (Å²) in [6, 6.07) is 10.0. The van der Waals surface area contributed by atoms with E-state index in [9.17, 15) is 9.59 Å². The summed E-state index contributed by atoms with van der Waals surface area (Å²) < 4.78 is 21.8. The van der Waals surface area contributed by atoms with Gasteiger partial charge in [-0.3, -0.25) is 9.59 Å². The Hall–Kier alpha value is -3.02. The zero-order valence-electron chi connectivity index (χ0n) is 16.0. The first kappa shape index (κ1) is 20.3. The maximum atomic E-state index is 11.8. The van der Waals surface area contributed by atoms with Crippen molar-refractivity contribution in [1.29, 1.82) is 0 Å². The van der Waals surface area contributed by atoms with Gasteiger partial charge < -0.3 is 18.9 Å². The molecule has 0 spiro atoms. The van der Waals surface area contributed by atoms with Gasteiger partial charge in [-0.2, -0.15) is 0 Å².